The second kappa shape index (κ2) is 6.93. The zero-order valence-electron chi connectivity index (χ0n) is 16.8. The average molecular weight is 380 g/mol. The number of aliphatic hydroxyl groups is 1. The van der Waals surface area contributed by atoms with Gasteiger partial charge in [-0.3, -0.25) is 4.79 Å². The van der Waals surface area contributed by atoms with Gasteiger partial charge in [0, 0.05) is 11.0 Å². The molecule has 0 radical (unpaired) electrons. The largest absolute Gasteiger partial charge is 0.489 e. The molecule has 2 aliphatic rings. The van der Waals surface area contributed by atoms with Crippen molar-refractivity contribution in [2.24, 2.45) is 16.7 Å². The van der Waals surface area contributed by atoms with Crippen molar-refractivity contribution < 1.29 is 14.6 Å². The Morgan fingerprint density at radius 2 is 1.79 bits per heavy atom. The van der Waals surface area contributed by atoms with Gasteiger partial charge < -0.3 is 15.2 Å². The van der Waals surface area contributed by atoms with E-state index in [1.54, 1.807) is 12.1 Å². The third kappa shape index (κ3) is 3.00. The molecule has 4 atom stereocenters. The number of hydrogen-bond acceptors (Lipinski definition) is 3. The van der Waals surface area contributed by atoms with Crippen LogP contribution >= 0.6 is 0 Å². The number of carbonyl (C=O) groups is 1. The number of benzene rings is 2. The molecule has 2 aliphatic carbocycles. The molecule has 0 aliphatic heterocycles. The molecule has 148 valence electrons. The first-order valence-corrected chi connectivity index (χ1v) is 10.1. The van der Waals surface area contributed by atoms with E-state index in [1.807, 2.05) is 42.5 Å². The monoisotopic (exact) mass is 379 g/mol. The van der Waals surface area contributed by atoms with Crippen molar-refractivity contribution in [3.05, 3.63) is 65.7 Å². The molecule has 1 amide bonds. The van der Waals surface area contributed by atoms with Gasteiger partial charge in [-0.25, -0.2) is 0 Å². The first-order valence-electron chi connectivity index (χ1n) is 10.1. The highest BCUT2D eigenvalue weighted by atomic mass is 16.5. The first-order chi connectivity index (χ1) is 13.3. The topological polar surface area (TPSA) is 58.6 Å². The van der Waals surface area contributed by atoms with E-state index in [9.17, 15) is 9.90 Å². The summed E-state index contributed by atoms with van der Waals surface area (Å²) < 4.78 is 5.79. The molecule has 2 aromatic rings. The first kappa shape index (κ1) is 19.0. The summed E-state index contributed by atoms with van der Waals surface area (Å²) in [4.78, 5) is 12.8. The Balaban J connectivity index is 1.39. The van der Waals surface area contributed by atoms with Crippen LogP contribution < -0.4 is 10.1 Å². The van der Waals surface area contributed by atoms with Crippen LogP contribution in [0.15, 0.2) is 54.6 Å². The fourth-order valence-corrected chi connectivity index (χ4v) is 5.19. The zero-order chi connectivity index (χ0) is 19.9. The Morgan fingerprint density at radius 3 is 2.39 bits per heavy atom. The van der Waals surface area contributed by atoms with Crippen LogP contribution in [0, 0.1) is 16.7 Å². The van der Waals surface area contributed by atoms with Crippen LogP contribution in [0.3, 0.4) is 0 Å². The van der Waals surface area contributed by atoms with Crippen LogP contribution in [-0.2, 0) is 6.61 Å². The molecule has 2 saturated carbocycles. The molecule has 4 heteroatoms. The fraction of sp³-hybridized carbons (Fsp3) is 0.458. The van der Waals surface area contributed by atoms with E-state index in [0.29, 0.717) is 18.1 Å². The van der Waals surface area contributed by atoms with E-state index in [-0.39, 0.29) is 22.8 Å². The van der Waals surface area contributed by atoms with Gasteiger partial charge in [0.1, 0.15) is 12.4 Å². The van der Waals surface area contributed by atoms with Gasteiger partial charge in [-0.2, -0.15) is 0 Å². The van der Waals surface area contributed by atoms with E-state index < -0.39 is 6.10 Å². The SMILES string of the molecule is CC1(C)[C@H]2CC[C@]1(C)[C@@H](O)[C@@H]2NC(=O)c1ccc(OCc2ccccc2)cc1. The lowest BCUT2D eigenvalue weighted by Crippen LogP contribution is -2.49. The van der Waals surface area contributed by atoms with E-state index >= 15 is 0 Å². The second-order valence-corrected chi connectivity index (χ2v) is 9.03. The maximum absolute atomic E-state index is 12.8. The normalized spacial score (nSPS) is 30.2. The summed E-state index contributed by atoms with van der Waals surface area (Å²) in [5, 5.41) is 14.0. The number of rotatable bonds is 5. The molecule has 4 rings (SSSR count). The lowest BCUT2D eigenvalue weighted by atomic mass is 9.70. The number of aliphatic hydroxyl groups excluding tert-OH is 1. The molecular weight excluding hydrogens is 350 g/mol. The summed E-state index contributed by atoms with van der Waals surface area (Å²) in [6.45, 7) is 7.09. The van der Waals surface area contributed by atoms with E-state index in [4.69, 9.17) is 4.74 Å². The van der Waals surface area contributed by atoms with Crippen molar-refractivity contribution in [1.29, 1.82) is 0 Å². The molecule has 0 heterocycles. The van der Waals surface area contributed by atoms with Gasteiger partial charge in [0.2, 0.25) is 0 Å². The van der Waals surface area contributed by atoms with Crippen LogP contribution in [-0.4, -0.2) is 23.2 Å². The maximum Gasteiger partial charge on any atom is 0.251 e. The molecule has 4 nitrogen and oxygen atoms in total. The summed E-state index contributed by atoms with van der Waals surface area (Å²) in [7, 11) is 0. The molecule has 2 bridgehead atoms. The summed E-state index contributed by atoms with van der Waals surface area (Å²) in [6.07, 6.45) is 1.57. The Labute approximate surface area is 166 Å². The zero-order valence-corrected chi connectivity index (χ0v) is 16.8. The predicted molar refractivity (Wildman–Crippen MR) is 109 cm³/mol. The summed E-state index contributed by atoms with van der Waals surface area (Å²) in [5.41, 5.74) is 1.58. The quantitative estimate of drug-likeness (QED) is 0.819. The van der Waals surface area contributed by atoms with Crippen molar-refractivity contribution in [1.82, 2.24) is 5.32 Å². The number of fused-ring (bicyclic) bond motifs is 2. The van der Waals surface area contributed by atoms with E-state index in [1.165, 1.54) is 0 Å². The minimum atomic E-state index is -0.501. The van der Waals surface area contributed by atoms with Gasteiger partial charge in [0.15, 0.2) is 0 Å². The smallest absolute Gasteiger partial charge is 0.251 e. The Hall–Kier alpha value is -2.33. The van der Waals surface area contributed by atoms with E-state index in [0.717, 1.165) is 24.2 Å². The lowest BCUT2D eigenvalue weighted by molar-refractivity contribution is 0.000495. The van der Waals surface area contributed by atoms with Crippen LogP contribution in [0.1, 0.15) is 49.5 Å². The van der Waals surface area contributed by atoms with Crippen molar-refractivity contribution in [3.63, 3.8) is 0 Å². The molecule has 0 aromatic heterocycles. The average Bonchev–Trinajstić information content (AvgIpc) is 3.01. The van der Waals surface area contributed by atoms with Crippen molar-refractivity contribution in [2.45, 2.75) is 52.4 Å². The van der Waals surface area contributed by atoms with Gasteiger partial charge in [0.05, 0.1) is 12.1 Å². The molecule has 28 heavy (non-hydrogen) atoms. The molecule has 0 saturated heterocycles. The van der Waals surface area contributed by atoms with Crippen LogP contribution in [0.25, 0.3) is 0 Å². The molecule has 0 spiro atoms. The van der Waals surface area contributed by atoms with Crippen molar-refractivity contribution >= 4 is 5.91 Å². The van der Waals surface area contributed by atoms with Gasteiger partial charge in [-0.05, 0) is 54.0 Å². The van der Waals surface area contributed by atoms with Crippen molar-refractivity contribution in [2.75, 3.05) is 0 Å². The molecule has 2 fully saturated rings. The third-order valence-corrected chi connectivity index (χ3v) is 7.46. The van der Waals surface area contributed by atoms with Gasteiger partial charge in [-0.1, -0.05) is 51.1 Å². The standard InChI is InChI=1S/C24H29NO3/c1-23(2)19-13-14-24(23,3)21(26)20(19)25-22(27)17-9-11-18(12-10-17)28-15-16-7-5-4-6-8-16/h4-12,19-21,26H,13-15H2,1-3H3,(H,25,27)/t19-,20+,21-,24+/m0/s1. The Bertz CT molecular complexity index is 846. The Kier molecular flexibility index (Phi) is 4.70. The number of amides is 1. The predicted octanol–water partition coefficient (Wildman–Crippen LogP) is 4.18. The van der Waals surface area contributed by atoms with Crippen molar-refractivity contribution in [3.8, 4) is 5.75 Å². The molecule has 2 aromatic carbocycles. The third-order valence-electron chi connectivity index (χ3n) is 7.46. The minimum absolute atomic E-state index is 0.0273. The van der Waals surface area contributed by atoms with Gasteiger partial charge in [-0.15, -0.1) is 0 Å². The summed E-state index contributed by atoms with van der Waals surface area (Å²) in [6, 6.07) is 17.0. The summed E-state index contributed by atoms with van der Waals surface area (Å²) >= 11 is 0. The van der Waals surface area contributed by atoms with Crippen LogP contribution in [0.4, 0.5) is 0 Å². The second-order valence-electron chi connectivity index (χ2n) is 9.03. The Morgan fingerprint density at radius 1 is 1.11 bits per heavy atom. The summed E-state index contributed by atoms with van der Waals surface area (Å²) in [5.74, 6) is 0.907. The molecule has 2 N–H and O–H groups in total. The van der Waals surface area contributed by atoms with Crippen LogP contribution in [0.2, 0.25) is 0 Å². The number of nitrogens with one attached hydrogen (secondary N) is 1. The molecule has 0 unspecified atom stereocenters. The number of hydrogen-bond donors (Lipinski definition) is 2. The highest BCUT2D eigenvalue weighted by molar-refractivity contribution is 5.94. The van der Waals surface area contributed by atoms with Gasteiger partial charge in [0.25, 0.3) is 5.91 Å². The van der Waals surface area contributed by atoms with Gasteiger partial charge >= 0.3 is 0 Å². The van der Waals surface area contributed by atoms with Crippen LogP contribution in [0.5, 0.6) is 5.75 Å². The highest BCUT2D eigenvalue weighted by Crippen LogP contribution is 2.65. The highest BCUT2D eigenvalue weighted by Gasteiger charge is 2.66. The number of ether oxygens (including phenoxy) is 1. The van der Waals surface area contributed by atoms with E-state index in [2.05, 4.69) is 26.1 Å². The fourth-order valence-electron chi connectivity index (χ4n) is 5.19. The molecular formula is C24H29NO3. The minimum Gasteiger partial charge on any atom is -0.489 e. The number of carbonyl (C=O) groups excluding carboxylic acids is 1. The maximum atomic E-state index is 12.8. The lowest BCUT2D eigenvalue weighted by Gasteiger charge is -2.37.